The molecule has 0 spiro atoms. The molecule has 0 aromatic carbocycles. The van der Waals surface area contributed by atoms with Crippen LogP contribution in [0, 0.1) is 5.92 Å². The van der Waals surface area contributed by atoms with Gasteiger partial charge in [0.1, 0.15) is 0 Å². The van der Waals surface area contributed by atoms with Crippen molar-refractivity contribution >= 4 is 0 Å². The summed E-state index contributed by atoms with van der Waals surface area (Å²) in [6, 6.07) is 0. The number of rotatable bonds is 4. The molecule has 0 saturated heterocycles. The zero-order valence-corrected chi connectivity index (χ0v) is 6.62. The van der Waals surface area contributed by atoms with E-state index in [1.807, 2.05) is 13.8 Å². The Bertz CT molecular complexity index is 97.4. The Morgan fingerprint density at radius 3 is 2.30 bits per heavy atom. The minimum absolute atomic E-state index is 0.0603. The summed E-state index contributed by atoms with van der Waals surface area (Å²) < 4.78 is 0. The second kappa shape index (κ2) is 5.45. The molecule has 0 aliphatic carbocycles. The molecule has 0 heterocycles. The molecule has 0 aliphatic rings. The molecule has 0 amide bonds. The van der Waals surface area contributed by atoms with Gasteiger partial charge in [-0.15, -0.1) is 0 Å². The van der Waals surface area contributed by atoms with Crippen LogP contribution in [-0.2, 0) is 0 Å². The minimum atomic E-state index is -0.275. The first-order chi connectivity index (χ1) is 4.68. The lowest BCUT2D eigenvalue weighted by molar-refractivity contribution is 0.128. The van der Waals surface area contributed by atoms with Gasteiger partial charge in [-0.1, -0.05) is 26.0 Å². The van der Waals surface area contributed by atoms with Gasteiger partial charge < -0.3 is 10.2 Å². The van der Waals surface area contributed by atoms with Crippen LogP contribution in [0.25, 0.3) is 0 Å². The Balaban J connectivity index is 3.38. The molecule has 0 rings (SSSR count). The first-order valence-corrected chi connectivity index (χ1v) is 3.62. The Morgan fingerprint density at radius 1 is 1.30 bits per heavy atom. The molecule has 1 atom stereocenters. The quantitative estimate of drug-likeness (QED) is 0.576. The first-order valence-electron chi connectivity index (χ1n) is 3.62. The monoisotopic (exact) mass is 144 g/mol. The Hall–Kier alpha value is -0.340. The second-order valence-corrected chi connectivity index (χ2v) is 2.70. The van der Waals surface area contributed by atoms with Gasteiger partial charge in [0.25, 0.3) is 0 Å². The van der Waals surface area contributed by atoms with Crippen molar-refractivity contribution in [3.8, 4) is 0 Å². The summed E-state index contributed by atoms with van der Waals surface area (Å²) in [5.41, 5.74) is 0. The van der Waals surface area contributed by atoms with Crippen molar-refractivity contribution in [2.24, 2.45) is 5.92 Å². The van der Waals surface area contributed by atoms with Gasteiger partial charge >= 0.3 is 0 Å². The highest BCUT2D eigenvalue weighted by Gasteiger charge is 2.05. The molecule has 0 aliphatic heterocycles. The predicted octanol–water partition coefficient (Wildman–Crippen LogP) is 0.942. The summed E-state index contributed by atoms with van der Waals surface area (Å²) in [5, 5.41) is 17.6. The van der Waals surface area contributed by atoms with Crippen molar-refractivity contribution in [1.29, 1.82) is 0 Å². The molecule has 0 aromatic rings. The molecular weight excluding hydrogens is 128 g/mol. The lowest BCUT2D eigenvalue weighted by Crippen LogP contribution is -2.12. The van der Waals surface area contributed by atoms with E-state index in [2.05, 4.69) is 0 Å². The van der Waals surface area contributed by atoms with Crippen molar-refractivity contribution in [3.63, 3.8) is 0 Å². The van der Waals surface area contributed by atoms with E-state index in [0.717, 1.165) is 0 Å². The maximum atomic E-state index is 9.22. The van der Waals surface area contributed by atoms with Gasteiger partial charge in [0.15, 0.2) is 0 Å². The van der Waals surface area contributed by atoms with Crippen LogP contribution in [0.3, 0.4) is 0 Å². The molecular formula is C8H16O2. The smallest absolute Gasteiger partial charge is 0.0612 e. The van der Waals surface area contributed by atoms with E-state index in [4.69, 9.17) is 5.11 Å². The number of hydrogen-bond acceptors (Lipinski definition) is 2. The van der Waals surface area contributed by atoms with E-state index >= 15 is 0 Å². The van der Waals surface area contributed by atoms with Gasteiger partial charge in [-0.25, -0.2) is 0 Å². The van der Waals surface area contributed by atoms with Gasteiger partial charge in [0.05, 0.1) is 12.7 Å². The highest BCUT2D eigenvalue weighted by atomic mass is 16.3. The van der Waals surface area contributed by atoms with Crippen molar-refractivity contribution in [1.82, 2.24) is 0 Å². The summed E-state index contributed by atoms with van der Waals surface area (Å²) in [4.78, 5) is 0. The predicted molar refractivity (Wildman–Crippen MR) is 41.7 cm³/mol. The third-order valence-corrected chi connectivity index (χ3v) is 1.42. The fraction of sp³-hybridized carbons (Fsp3) is 0.750. The van der Waals surface area contributed by atoms with Crippen LogP contribution in [0.2, 0.25) is 0 Å². The molecule has 2 N–H and O–H groups in total. The van der Waals surface area contributed by atoms with E-state index in [-0.39, 0.29) is 12.7 Å². The van der Waals surface area contributed by atoms with E-state index in [1.54, 1.807) is 12.2 Å². The average molecular weight is 144 g/mol. The van der Waals surface area contributed by atoms with Gasteiger partial charge in [-0.05, 0) is 12.3 Å². The fourth-order valence-corrected chi connectivity index (χ4v) is 0.582. The van der Waals surface area contributed by atoms with Gasteiger partial charge in [-0.2, -0.15) is 0 Å². The van der Waals surface area contributed by atoms with Crippen molar-refractivity contribution in [3.05, 3.63) is 12.2 Å². The summed E-state index contributed by atoms with van der Waals surface area (Å²) in [6.45, 7) is 4.00. The lowest BCUT2D eigenvalue weighted by atomic mass is 10.0. The van der Waals surface area contributed by atoms with E-state index < -0.39 is 0 Å². The summed E-state index contributed by atoms with van der Waals surface area (Å²) in [7, 11) is 0. The molecule has 0 saturated carbocycles. The third-order valence-electron chi connectivity index (χ3n) is 1.42. The Kier molecular flexibility index (Phi) is 5.26. The lowest BCUT2D eigenvalue weighted by Gasteiger charge is -2.10. The van der Waals surface area contributed by atoms with Crippen LogP contribution >= 0.6 is 0 Å². The standard InChI is InChI=1S/C8H16O2/c1-7(2)8(10)5-3-4-6-9/h3-4,7-10H,5-6H2,1-2H3/b4-3-. The topological polar surface area (TPSA) is 40.5 Å². The second-order valence-electron chi connectivity index (χ2n) is 2.70. The third kappa shape index (κ3) is 4.53. The normalized spacial score (nSPS) is 14.9. The van der Waals surface area contributed by atoms with E-state index in [1.165, 1.54) is 0 Å². The molecule has 0 radical (unpaired) electrons. The van der Waals surface area contributed by atoms with E-state index in [9.17, 15) is 5.11 Å². The molecule has 2 nitrogen and oxygen atoms in total. The molecule has 0 bridgehead atoms. The zero-order chi connectivity index (χ0) is 7.98. The van der Waals surface area contributed by atoms with Crippen LogP contribution in [0.5, 0.6) is 0 Å². The zero-order valence-electron chi connectivity index (χ0n) is 6.62. The molecule has 1 unspecified atom stereocenters. The molecule has 0 aromatic heterocycles. The van der Waals surface area contributed by atoms with Crippen LogP contribution in [0.1, 0.15) is 20.3 Å². The van der Waals surface area contributed by atoms with Gasteiger partial charge in [0, 0.05) is 0 Å². The van der Waals surface area contributed by atoms with Crippen molar-refractivity contribution in [2.45, 2.75) is 26.4 Å². The summed E-state index contributed by atoms with van der Waals surface area (Å²) in [6.07, 6.45) is 3.80. The van der Waals surface area contributed by atoms with Crippen molar-refractivity contribution < 1.29 is 10.2 Å². The molecule has 60 valence electrons. The largest absolute Gasteiger partial charge is 0.393 e. The van der Waals surface area contributed by atoms with Crippen LogP contribution in [0.4, 0.5) is 0 Å². The SMILES string of the molecule is CC(C)C(O)C/C=C\CO. The van der Waals surface area contributed by atoms with Crippen LogP contribution in [-0.4, -0.2) is 22.9 Å². The van der Waals surface area contributed by atoms with E-state index in [0.29, 0.717) is 12.3 Å². The number of hydrogen-bond donors (Lipinski definition) is 2. The molecule has 2 heteroatoms. The molecule has 10 heavy (non-hydrogen) atoms. The number of aliphatic hydroxyl groups excluding tert-OH is 2. The molecule has 0 fully saturated rings. The summed E-state index contributed by atoms with van der Waals surface area (Å²) in [5.74, 6) is 0.295. The van der Waals surface area contributed by atoms with Crippen LogP contribution in [0.15, 0.2) is 12.2 Å². The highest BCUT2D eigenvalue weighted by molar-refractivity contribution is 4.83. The maximum absolute atomic E-state index is 9.22. The van der Waals surface area contributed by atoms with Crippen LogP contribution < -0.4 is 0 Å². The maximum Gasteiger partial charge on any atom is 0.0612 e. The highest BCUT2D eigenvalue weighted by Crippen LogP contribution is 2.05. The number of aliphatic hydroxyl groups is 2. The van der Waals surface area contributed by atoms with Gasteiger partial charge in [-0.3, -0.25) is 0 Å². The fourth-order valence-electron chi connectivity index (χ4n) is 0.582. The minimum Gasteiger partial charge on any atom is -0.393 e. The Morgan fingerprint density at radius 2 is 1.90 bits per heavy atom. The Labute approximate surface area is 62.2 Å². The van der Waals surface area contributed by atoms with Gasteiger partial charge in [0.2, 0.25) is 0 Å². The van der Waals surface area contributed by atoms with Crippen molar-refractivity contribution in [2.75, 3.05) is 6.61 Å². The summed E-state index contributed by atoms with van der Waals surface area (Å²) >= 11 is 0. The first kappa shape index (κ1) is 9.66. The average Bonchev–Trinajstić information content (AvgIpc) is 1.88.